The summed E-state index contributed by atoms with van der Waals surface area (Å²) in [6.45, 7) is 12.7. The van der Waals surface area contributed by atoms with E-state index < -0.39 is 0 Å². The van der Waals surface area contributed by atoms with Crippen LogP contribution in [0, 0.1) is 13.8 Å². The van der Waals surface area contributed by atoms with E-state index in [1.807, 2.05) is 38.0 Å². The number of anilines is 4. The molecule has 2 aliphatic rings. The van der Waals surface area contributed by atoms with Crippen molar-refractivity contribution in [1.29, 1.82) is 0 Å². The van der Waals surface area contributed by atoms with Crippen LogP contribution in [0.25, 0.3) is 22.5 Å². The second-order valence-electron chi connectivity index (χ2n) is 16.7. The van der Waals surface area contributed by atoms with E-state index in [1.165, 1.54) is 22.3 Å². The number of benzene rings is 2. The molecule has 0 saturated heterocycles. The minimum absolute atomic E-state index is 0.119. The Hall–Kier alpha value is -5.94. The first-order valence-electron chi connectivity index (χ1n) is 22.0. The Labute approximate surface area is 361 Å². The molecule has 0 saturated carbocycles. The van der Waals surface area contributed by atoms with E-state index in [2.05, 4.69) is 125 Å². The maximum absolute atomic E-state index is 7.40. The zero-order valence-corrected chi connectivity index (χ0v) is 37.5. The number of hydrogen-bond acceptors (Lipinski definition) is 11. The highest BCUT2D eigenvalue weighted by molar-refractivity contribution is 5.69. The van der Waals surface area contributed by atoms with Gasteiger partial charge in [-0.1, -0.05) is 76.2 Å². The second-order valence-corrected chi connectivity index (χ2v) is 16.7. The fourth-order valence-electron chi connectivity index (χ4n) is 8.98. The molecule has 0 bridgehead atoms. The molecule has 4 atom stereocenters. The normalized spacial score (nSPS) is 17.9. The van der Waals surface area contributed by atoms with Gasteiger partial charge in [-0.05, 0) is 86.1 Å². The van der Waals surface area contributed by atoms with Gasteiger partial charge in [-0.25, -0.2) is 29.9 Å². The summed E-state index contributed by atoms with van der Waals surface area (Å²) in [7, 11) is 8.05. The van der Waals surface area contributed by atoms with Gasteiger partial charge in [-0.2, -0.15) is 0 Å². The minimum Gasteiger partial charge on any atom is -0.369 e. The van der Waals surface area contributed by atoms with Gasteiger partial charge in [0.25, 0.3) is 0 Å². The molecule has 0 spiro atoms. The first-order valence-corrected chi connectivity index (χ1v) is 22.0. The molecule has 4 unspecified atom stereocenters. The molecule has 2 aliphatic carbocycles. The molecule has 0 amide bonds. The van der Waals surface area contributed by atoms with Gasteiger partial charge in [0.15, 0.2) is 0 Å². The minimum atomic E-state index is -0.145. The van der Waals surface area contributed by atoms with Crippen molar-refractivity contribution in [2.45, 2.75) is 104 Å². The molecule has 11 heteroatoms. The third kappa shape index (κ3) is 8.15. The van der Waals surface area contributed by atoms with Crippen LogP contribution in [0.1, 0.15) is 96.2 Å². The van der Waals surface area contributed by atoms with Crippen LogP contribution in [0.3, 0.4) is 0 Å². The van der Waals surface area contributed by atoms with Crippen molar-refractivity contribution in [1.82, 2.24) is 29.9 Å². The quantitative estimate of drug-likeness (QED) is 0.110. The summed E-state index contributed by atoms with van der Waals surface area (Å²) in [5.41, 5.74) is 14.5. The lowest BCUT2D eigenvalue weighted by molar-refractivity contribution is -0.0195. The first-order chi connectivity index (χ1) is 29.5. The highest BCUT2D eigenvalue weighted by Crippen LogP contribution is 2.43. The van der Waals surface area contributed by atoms with E-state index in [-0.39, 0.29) is 24.3 Å². The number of aromatic nitrogens is 6. The Morgan fingerprint density at radius 3 is 1.26 bits per heavy atom. The Morgan fingerprint density at radius 1 is 0.508 bits per heavy atom. The number of pyridine rings is 2. The fourth-order valence-corrected chi connectivity index (χ4v) is 8.98. The van der Waals surface area contributed by atoms with Crippen LogP contribution in [0.15, 0.2) is 72.8 Å². The monoisotopic (exact) mass is 816 g/mol. The van der Waals surface area contributed by atoms with E-state index in [9.17, 15) is 0 Å². The third-order valence-electron chi connectivity index (χ3n) is 12.3. The highest BCUT2D eigenvalue weighted by atomic mass is 16.5. The van der Waals surface area contributed by atoms with Crippen molar-refractivity contribution in [3.63, 3.8) is 0 Å². The van der Waals surface area contributed by atoms with Crippen LogP contribution < -0.4 is 20.4 Å². The SMILES string of the molecule is CCc1nc(-c2ccc(N(C)C)nc2C)c(CC)nc1NC1c2ccccc2CC1OC1Cc2ccccc2C1Nc1nc(CC)c(-c2ccc(N(C)C)nc2C)nc1CC. The van der Waals surface area contributed by atoms with Crippen LogP contribution in [0.4, 0.5) is 23.3 Å². The zero-order valence-electron chi connectivity index (χ0n) is 37.5. The van der Waals surface area contributed by atoms with Crippen molar-refractivity contribution >= 4 is 23.3 Å². The summed E-state index contributed by atoms with van der Waals surface area (Å²) >= 11 is 0. The highest BCUT2D eigenvalue weighted by Gasteiger charge is 2.41. The molecular weight excluding hydrogens is 757 g/mol. The maximum Gasteiger partial charge on any atom is 0.148 e. The lowest BCUT2D eigenvalue weighted by atomic mass is 10.0. The number of rotatable bonds is 14. The van der Waals surface area contributed by atoms with Crippen molar-refractivity contribution in [3.05, 3.63) is 129 Å². The molecule has 316 valence electrons. The molecular formula is C50H60N10O. The molecule has 2 N–H and O–H groups in total. The fraction of sp³-hybridized carbons (Fsp3) is 0.400. The van der Waals surface area contributed by atoms with Crippen LogP contribution >= 0.6 is 0 Å². The predicted octanol–water partition coefficient (Wildman–Crippen LogP) is 9.26. The molecule has 0 fully saturated rings. The average Bonchev–Trinajstić information content (AvgIpc) is 3.79. The second kappa shape index (κ2) is 17.6. The molecule has 4 aromatic heterocycles. The van der Waals surface area contributed by atoms with E-state index in [0.717, 1.165) is 118 Å². The molecule has 61 heavy (non-hydrogen) atoms. The summed E-state index contributed by atoms with van der Waals surface area (Å²) in [4.78, 5) is 35.0. The van der Waals surface area contributed by atoms with Gasteiger partial charge in [0.2, 0.25) is 0 Å². The predicted molar refractivity (Wildman–Crippen MR) is 248 cm³/mol. The lowest BCUT2D eigenvalue weighted by Crippen LogP contribution is -2.34. The molecule has 6 aromatic rings. The summed E-state index contributed by atoms with van der Waals surface area (Å²) < 4.78 is 7.40. The number of aryl methyl sites for hydroxylation is 6. The number of nitrogens with zero attached hydrogens (tertiary/aromatic N) is 8. The lowest BCUT2D eigenvalue weighted by Gasteiger charge is -2.30. The van der Waals surface area contributed by atoms with E-state index in [4.69, 9.17) is 34.6 Å². The number of ether oxygens (including phenoxy) is 1. The van der Waals surface area contributed by atoms with Gasteiger partial charge < -0.3 is 25.2 Å². The molecule has 8 rings (SSSR count). The topological polar surface area (TPSA) is 117 Å². The van der Waals surface area contributed by atoms with Crippen molar-refractivity contribution in [2.75, 3.05) is 48.6 Å². The van der Waals surface area contributed by atoms with Gasteiger partial charge in [-0.15, -0.1) is 0 Å². The van der Waals surface area contributed by atoms with Gasteiger partial charge in [0.1, 0.15) is 23.3 Å². The smallest absolute Gasteiger partial charge is 0.148 e. The van der Waals surface area contributed by atoms with Crippen molar-refractivity contribution < 1.29 is 4.74 Å². The molecule has 4 heterocycles. The number of nitrogens with one attached hydrogen (secondary N) is 2. The number of hydrogen-bond donors (Lipinski definition) is 2. The molecule has 2 aromatic carbocycles. The molecule has 0 aliphatic heterocycles. The summed E-state index contributed by atoms with van der Waals surface area (Å²) in [6.07, 6.45) is 4.24. The van der Waals surface area contributed by atoms with Gasteiger partial charge in [-0.3, -0.25) is 0 Å². The van der Waals surface area contributed by atoms with Crippen molar-refractivity contribution in [3.8, 4) is 22.5 Å². The van der Waals surface area contributed by atoms with Crippen LogP contribution in [0.5, 0.6) is 0 Å². The number of fused-ring (bicyclic) bond motifs is 2. The zero-order chi connectivity index (χ0) is 42.9. The summed E-state index contributed by atoms with van der Waals surface area (Å²) in [5, 5.41) is 7.83. The Kier molecular flexibility index (Phi) is 12.0. The molecule has 0 radical (unpaired) electrons. The Morgan fingerprint density at radius 2 is 0.902 bits per heavy atom. The van der Waals surface area contributed by atoms with Crippen LogP contribution in [-0.2, 0) is 43.3 Å². The molecule has 11 nitrogen and oxygen atoms in total. The van der Waals surface area contributed by atoms with E-state index >= 15 is 0 Å². The van der Waals surface area contributed by atoms with Gasteiger partial charge in [0, 0.05) is 63.5 Å². The third-order valence-corrected chi connectivity index (χ3v) is 12.3. The van der Waals surface area contributed by atoms with Crippen LogP contribution in [0.2, 0.25) is 0 Å². The Balaban J connectivity index is 1.12. The average molecular weight is 817 g/mol. The van der Waals surface area contributed by atoms with Gasteiger partial charge in [0.05, 0.1) is 58.5 Å². The summed E-state index contributed by atoms with van der Waals surface area (Å²) in [6, 6.07) is 25.6. The maximum atomic E-state index is 7.40. The van der Waals surface area contributed by atoms with E-state index in [1.54, 1.807) is 0 Å². The summed E-state index contributed by atoms with van der Waals surface area (Å²) in [5.74, 6) is 3.48. The van der Waals surface area contributed by atoms with Gasteiger partial charge >= 0.3 is 0 Å². The van der Waals surface area contributed by atoms with E-state index in [0.29, 0.717) is 0 Å². The first kappa shape index (κ1) is 41.8. The van der Waals surface area contributed by atoms with Crippen molar-refractivity contribution in [2.24, 2.45) is 0 Å². The Bertz CT molecular complexity index is 2380. The standard InChI is InChI=1S/C50H60N10O/c1-11-37-45(33-23-25-43(59(7)8)51-29(33)5)53-39(13-3)49(55-37)57-47-35-21-17-15-19-31(35)27-41(47)61-42-28-32-20-16-18-22-36(32)48(42)58-50-40(14-4)54-46(38(12-2)56-50)34-24-26-44(60(9)10)52-30(34)6/h15-26,41-42,47-48H,11-14,27-28H2,1-10H3,(H,55,57)(H,56,58). The largest absolute Gasteiger partial charge is 0.369 e. The van der Waals surface area contributed by atoms with Crippen LogP contribution in [-0.4, -0.2) is 70.3 Å².